The van der Waals surface area contributed by atoms with E-state index in [0.717, 1.165) is 6.54 Å². The number of hydrogen-bond acceptors (Lipinski definition) is 2. The Morgan fingerprint density at radius 1 is 1.75 bits per heavy atom. The maximum atomic E-state index is 10.2. The molecule has 12 heavy (non-hydrogen) atoms. The smallest absolute Gasteiger partial charge is 0.404 e. The lowest BCUT2D eigenvalue weighted by Crippen LogP contribution is -2.47. The molecular weight excluding hydrogens is 156 g/mol. The van der Waals surface area contributed by atoms with Crippen LogP contribution in [0, 0.1) is 5.92 Å². The molecule has 0 radical (unpaired) electrons. The summed E-state index contributed by atoms with van der Waals surface area (Å²) >= 11 is 0. The lowest BCUT2D eigenvalue weighted by atomic mass is 9.93. The van der Waals surface area contributed by atoms with Crippen molar-refractivity contribution in [2.45, 2.75) is 25.8 Å². The highest BCUT2D eigenvalue weighted by Crippen LogP contribution is 2.14. The highest BCUT2D eigenvalue weighted by Gasteiger charge is 2.20. The zero-order chi connectivity index (χ0) is 8.97. The normalized spacial score (nSPS) is 29.8. The first-order valence-corrected chi connectivity index (χ1v) is 4.40. The number of piperidine rings is 1. The average molecular weight is 172 g/mol. The molecule has 1 heterocycles. The predicted octanol–water partition coefficient (Wildman–Crippen LogP) is 0.642. The standard InChI is InChI=1S/C8H16N2O2/c1-6-3-2-4-9-7(6)5-10-8(11)12/h6-7,9-10H,2-5H2,1H3,(H,11,12)/t6-,7-/m1/s1. The van der Waals surface area contributed by atoms with Crippen LogP contribution >= 0.6 is 0 Å². The highest BCUT2D eigenvalue weighted by molar-refractivity contribution is 5.64. The SMILES string of the molecule is C[C@@H]1CCCN[C@@H]1CNC(=O)O. The Labute approximate surface area is 72.3 Å². The van der Waals surface area contributed by atoms with Gasteiger partial charge in [-0.2, -0.15) is 0 Å². The van der Waals surface area contributed by atoms with Crippen molar-refractivity contribution < 1.29 is 9.90 Å². The molecule has 0 saturated carbocycles. The first-order valence-electron chi connectivity index (χ1n) is 4.40. The van der Waals surface area contributed by atoms with E-state index >= 15 is 0 Å². The Hall–Kier alpha value is -0.770. The van der Waals surface area contributed by atoms with E-state index in [2.05, 4.69) is 17.6 Å². The van der Waals surface area contributed by atoms with Crippen molar-refractivity contribution in [3.63, 3.8) is 0 Å². The number of amides is 1. The van der Waals surface area contributed by atoms with E-state index in [9.17, 15) is 4.79 Å². The summed E-state index contributed by atoms with van der Waals surface area (Å²) in [5.41, 5.74) is 0. The topological polar surface area (TPSA) is 61.4 Å². The Kier molecular flexibility index (Phi) is 3.34. The molecular formula is C8H16N2O2. The van der Waals surface area contributed by atoms with Gasteiger partial charge in [-0.05, 0) is 25.3 Å². The van der Waals surface area contributed by atoms with Gasteiger partial charge in [0.15, 0.2) is 0 Å². The molecule has 1 saturated heterocycles. The molecule has 1 aliphatic heterocycles. The number of carbonyl (C=O) groups is 1. The molecule has 4 heteroatoms. The van der Waals surface area contributed by atoms with E-state index in [1.807, 2.05) is 0 Å². The van der Waals surface area contributed by atoms with E-state index in [1.54, 1.807) is 0 Å². The summed E-state index contributed by atoms with van der Waals surface area (Å²) in [5, 5.41) is 14.1. The Morgan fingerprint density at radius 2 is 2.50 bits per heavy atom. The molecule has 1 fully saturated rings. The van der Waals surface area contributed by atoms with Crippen LogP contribution < -0.4 is 10.6 Å². The third kappa shape index (κ3) is 2.70. The zero-order valence-corrected chi connectivity index (χ0v) is 7.34. The number of rotatable bonds is 2. The van der Waals surface area contributed by atoms with Crippen molar-refractivity contribution in [3.8, 4) is 0 Å². The molecule has 70 valence electrons. The molecule has 0 unspecified atom stereocenters. The largest absolute Gasteiger partial charge is 0.465 e. The van der Waals surface area contributed by atoms with E-state index in [1.165, 1.54) is 12.8 Å². The summed E-state index contributed by atoms with van der Waals surface area (Å²) in [6.45, 7) is 3.69. The summed E-state index contributed by atoms with van der Waals surface area (Å²) in [5.74, 6) is 0.575. The van der Waals surface area contributed by atoms with E-state index in [-0.39, 0.29) is 0 Å². The van der Waals surface area contributed by atoms with Crippen LogP contribution in [-0.2, 0) is 0 Å². The second-order valence-corrected chi connectivity index (χ2v) is 3.37. The third-order valence-corrected chi connectivity index (χ3v) is 2.40. The molecule has 4 nitrogen and oxygen atoms in total. The third-order valence-electron chi connectivity index (χ3n) is 2.40. The van der Waals surface area contributed by atoms with Gasteiger partial charge in [0, 0.05) is 12.6 Å². The van der Waals surface area contributed by atoms with Gasteiger partial charge in [0.2, 0.25) is 0 Å². The molecule has 2 atom stereocenters. The van der Waals surface area contributed by atoms with Crippen molar-refractivity contribution in [2.24, 2.45) is 5.92 Å². The van der Waals surface area contributed by atoms with Crippen LogP contribution in [0.2, 0.25) is 0 Å². The number of hydrogen-bond donors (Lipinski definition) is 3. The molecule has 1 aliphatic rings. The molecule has 0 aliphatic carbocycles. The molecule has 1 amide bonds. The van der Waals surface area contributed by atoms with Crippen LogP contribution in [0.5, 0.6) is 0 Å². The fraction of sp³-hybridized carbons (Fsp3) is 0.875. The quantitative estimate of drug-likeness (QED) is 0.573. The molecule has 3 N–H and O–H groups in total. The summed E-state index contributed by atoms with van der Waals surface area (Å²) in [6, 6.07) is 0.315. The highest BCUT2D eigenvalue weighted by atomic mass is 16.4. The van der Waals surface area contributed by atoms with E-state index < -0.39 is 6.09 Å². The Bertz CT molecular complexity index is 161. The summed E-state index contributed by atoms with van der Waals surface area (Å²) in [7, 11) is 0. The first kappa shape index (κ1) is 9.32. The average Bonchev–Trinajstić information content (AvgIpc) is 2.03. The summed E-state index contributed by atoms with van der Waals surface area (Å²) < 4.78 is 0. The molecule has 1 rings (SSSR count). The fourth-order valence-corrected chi connectivity index (χ4v) is 1.58. The predicted molar refractivity (Wildman–Crippen MR) is 46.2 cm³/mol. The van der Waals surface area contributed by atoms with Crippen LogP contribution in [0.25, 0.3) is 0 Å². The van der Waals surface area contributed by atoms with Gasteiger partial charge in [-0.3, -0.25) is 0 Å². The lowest BCUT2D eigenvalue weighted by molar-refractivity contribution is 0.189. The van der Waals surface area contributed by atoms with Crippen molar-refractivity contribution in [3.05, 3.63) is 0 Å². The van der Waals surface area contributed by atoms with Crippen LogP contribution in [0.15, 0.2) is 0 Å². The van der Waals surface area contributed by atoms with Crippen LogP contribution in [0.4, 0.5) is 4.79 Å². The maximum Gasteiger partial charge on any atom is 0.404 e. The maximum absolute atomic E-state index is 10.2. The summed E-state index contributed by atoms with van der Waals surface area (Å²) in [6.07, 6.45) is 1.46. The molecule has 0 aromatic rings. The summed E-state index contributed by atoms with van der Waals surface area (Å²) in [4.78, 5) is 10.2. The minimum atomic E-state index is -0.936. The van der Waals surface area contributed by atoms with Crippen molar-refractivity contribution in [1.82, 2.24) is 10.6 Å². The van der Waals surface area contributed by atoms with Crippen LogP contribution in [0.3, 0.4) is 0 Å². The second kappa shape index (κ2) is 4.30. The van der Waals surface area contributed by atoms with Crippen LogP contribution in [-0.4, -0.2) is 30.3 Å². The Balaban J connectivity index is 2.24. The van der Waals surface area contributed by atoms with Crippen molar-refractivity contribution in [1.29, 1.82) is 0 Å². The van der Waals surface area contributed by atoms with Crippen molar-refractivity contribution >= 4 is 6.09 Å². The molecule has 0 bridgehead atoms. The van der Waals surface area contributed by atoms with E-state index in [4.69, 9.17) is 5.11 Å². The molecule has 0 aromatic carbocycles. The van der Waals surface area contributed by atoms with Crippen molar-refractivity contribution in [2.75, 3.05) is 13.1 Å². The number of nitrogens with one attached hydrogen (secondary N) is 2. The van der Waals surface area contributed by atoms with Gasteiger partial charge >= 0.3 is 6.09 Å². The second-order valence-electron chi connectivity index (χ2n) is 3.37. The lowest BCUT2D eigenvalue weighted by Gasteiger charge is -2.29. The van der Waals surface area contributed by atoms with Gasteiger partial charge in [-0.1, -0.05) is 6.92 Å². The molecule has 0 spiro atoms. The van der Waals surface area contributed by atoms with Gasteiger partial charge in [-0.25, -0.2) is 4.79 Å². The van der Waals surface area contributed by atoms with Gasteiger partial charge in [0.05, 0.1) is 0 Å². The minimum absolute atomic E-state index is 0.315. The van der Waals surface area contributed by atoms with Gasteiger partial charge < -0.3 is 15.7 Å². The van der Waals surface area contributed by atoms with Gasteiger partial charge in [0.25, 0.3) is 0 Å². The monoisotopic (exact) mass is 172 g/mol. The van der Waals surface area contributed by atoms with Gasteiger partial charge in [0.1, 0.15) is 0 Å². The zero-order valence-electron chi connectivity index (χ0n) is 7.34. The fourth-order valence-electron chi connectivity index (χ4n) is 1.58. The van der Waals surface area contributed by atoms with Gasteiger partial charge in [-0.15, -0.1) is 0 Å². The first-order chi connectivity index (χ1) is 5.70. The minimum Gasteiger partial charge on any atom is -0.465 e. The van der Waals surface area contributed by atoms with Crippen LogP contribution in [0.1, 0.15) is 19.8 Å². The molecule has 0 aromatic heterocycles. The Morgan fingerprint density at radius 3 is 3.08 bits per heavy atom. The van der Waals surface area contributed by atoms with E-state index in [0.29, 0.717) is 18.5 Å². The number of carboxylic acid groups (broad SMARTS) is 1.